The summed E-state index contributed by atoms with van der Waals surface area (Å²) in [6.45, 7) is 4.57. The lowest BCUT2D eigenvalue weighted by Crippen LogP contribution is -2.40. The lowest BCUT2D eigenvalue weighted by molar-refractivity contribution is -0.149. The van der Waals surface area contributed by atoms with Crippen molar-refractivity contribution in [3.05, 3.63) is 58.9 Å². The van der Waals surface area contributed by atoms with E-state index in [1.165, 1.54) is 18.2 Å². The average Bonchev–Trinajstić information content (AvgIpc) is 2.62. The van der Waals surface area contributed by atoms with Crippen LogP contribution in [0.15, 0.2) is 42.5 Å². The van der Waals surface area contributed by atoms with Crippen LogP contribution in [0.25, 0.3) is 0 Å². The first-order valence-corrected chi connectivity index (χ1v) is 8.94. The minimum absolute atomic E-state index is 0.189. The lowest BCUT2D eigenvalue weighted by atomic mass is 9.82. The minimum Gasteiger partial charge on any atom is -0.481 e. The first-order chi connectivity index (χ1) is 12.4. The predicted octanol–water partition coefficient (Wildman–Crippen LogP) is 5.25. The quantitative estimate of drug-likeness (QED) is 0.624. The van der Waals surface area contributed by atoms with E-state index >= 15 is 0 Å². The summed E-state index contributed by atoms with van der Waals surface area (Å²) in [6.07, 6.45) is 1.10. The molecule has 2 rings (SSSR count). The Balaban J connectivity index is 2.10. The highest BCUT2D eigenvalue weighted by Crippen LogP contribution is 2.32. The Labute approximate surface area is 157 Å². The van der Waals surface area contributed by atoms with Gasteiger partial charge in [0, 0.05) is 18.7 Å². The van der Waals surface area contributed by atoms with Gasteiger partial charge in [0.15, 0.2) is 0 Å². The van der Waals surface area contributed by atoms with Crippen LogP contribution in [0.4, 0.5) is 4.39 Å². The van der Waals surface area contributed by atoms with Crippen molar-refractivity contribution in [2.24, 2.45) is 5.41 Å². The zero-order valence-electron chi connectivity index (χ0n) is 14.9. The summed E-state index contributed by atoms with van der Waals surface area (Å²) in [4.78, 5) is 11.6. The van der Waals surface area contributed by atoms with E-state index in [0.29, 0.717) is 37.4 Å². The standard InChI is InChI=1S/C20H23ClFNO3/c1-3-20(4-2,19(24)25)13-23-12-14-7-5-6-8-17(14)26-18-10-9-15(22)11-16(18)21/h5-11,23H,3-4,12-13H2,1-2H3,(H,24,25). The van der Waals surface area contributed by atoms with Crippen molar-refractivity contribution in [3.8, 4) is 11.5 Å². The van der Waals surface area contributed by atoms with Gasteiger partial charge < -0.3 is 15.2 Å². The molecule has 2 aromatic carbocycles. The van der Waals surface area contributed by atoms with Crippen molar-refractivity contribution >= 4 is 17.6 Å². The maximum atomic E-state index is 13.2. The highest BCUT2D eigenvalue weighted by atomic mass is 35.5. The molecular formula is C20H23ClFNO3. The summed E-state index contributed by atoms with van der Waals surface area (Å²) in [7, 11) is 0. The van der Waals surface area contributed by atoms with Crippen molar-refractivity contribution in [2.45, 2.75) is 33.2 Å². The second-order valence-corrected chi connectivity index (χ2v) is 6.59. The molecule has 4 nitrogen and oxygen atoms in total. The molecule has 0 radical (unpaired) electrons. The van der Waals surface area contributed by atoms with E-state index in [-0.39, 0.29) is 5.02 Å². The number of hydrogen-bond acceptors (Lipinski definition) is 3. The summed E-state index contributed by atoms with van der Waals surface area (Å²) in [5.74, 6) is -0.274. The molecule has 0 atom stereocenters. The number of carbonyl (C=O) groups is 1. The number of carboxylic acids is 1. The molecule has 6 heteroatoms. The molecule has 0 aliphatic carbocycles. The Morgan fingerprint density at radius 3 is 2.50 bits per heavy atom. The molecule has 0 spiro atoms. The van der Waals surface area contributed by atoms with E-state index in [2.05, 4.69) is 5.32 Å². The number of nitrogens with one attached hydrogen (secondary N) is 1. The van der Waals surface area contributed by atoms with Crippen LogP contribution < -0.4 is 10.1 Å². The summed E-state index contributed by atoms with van der Waals surface area (Å²) >= 11 is 6.02. The molecule has 0 fully saturated rings. The van der Waals surface area contributed by atoms with Crippen molar-refractivity contribution in [1.82, 2.24) is 5.32 Å². The lowest BCUT2D eigenvalue weighted by Gasteiger charge is -2.27. The highest BCUT2D eigenvalue weighted by Gasteiger charge is 2.34. The molecular weight excluding hydrogens is 357 g/mol. The van der Waals surface area contributed by atoms with Gasteiger partial charge in [-0.05, 0) is 37.1 Å². The number of para-hydroxylation sites is 1. The summed E-state index contributed by atoms with van der Waals surface area (Å²) in [5.41, 5.74) is 0.0789. The third-order valence-electron chi connectivity index (χ3n) is 4.67. The van der Waals surface area contributed by atoms with E-state index in [9.17, 15) is 14.3 Å². The average molecular weight is 380 g/mol. The van der Waals surface area contributed by atoms with Crippen molar-refractivity contribution in [3.63, 3.8) is 0 Å². The Morgan fingerprint density at radius 2 is 1.88 bits per heavy atom. The maximum absolute atomic E-state index is 13.2. The number of ether oxygens (including phenoxy) is 1. The number of benzene rings is 2. The molecule has 2 N–H and O–H groups in total. The zero-order chi connectivity index (χ0) is 19.2. The molecule has 0 saturated carbocycles. The van der Waals surface area contributed by atoms with Gasteiger partial charge in [-0.1, -0.05) is 43.6 Å². The van der Waals surface area contributed by atoms with Gasteiger partial charge in [-0.2, -0.15) is 0 Å². The first kappa shape index (κ1) is 20.2. The topological polar surface area (TPSA) is 58.6 Å². The summed E-state index contributed by atoms with van der Waals surface area (Å²) in [6, 6.07) is 11.3. The van der Waals surface area contributed by atoms with Crippen molar-refractivity contribution < 1.29 is 19.0 Å². The van der Waals surface area contributed by atoms with Crippen LogP contribution in [0.3, 0.4) is 0 Å². The van der Waals surface area contributed by atoms with Crippen LogP contribution >= 0.6 is 11.6 Å². The van der Waals surface area contributed by atoms with Crippen LogP contribution in [0, 0.1) is 11.2 Å². The van der Waals surface area contributed by atoms with Gasteiger partial charge in [-0.15, -0.1) is 0 Å². The largest absolute Gasteiger partial charge is 0.481 e. The van der Waals surface area contributed by atoms with E-state index in [0.717, 1.165) is 5.56 Å². The molecule has 2 aromatic rings. The van der Waals surface area contributed by atoms with Crippen LogP contribution in [-0.4, -0.2) is 17.6 Å². The van der Waals surface area contributed by atoms with Crippen LogP contribution in [0.2, 0.25) is 5.02 Å². The van der Waals surface area contributed by atoms with Gasteiger partial charge in [0.05, 0.1) is 10.4 Å². The Kier molecular flexibility index (Phi) is 7.00. The minimum atomic E-state index is -0.794. The number of aliphatic carboxylic acids is 1. The Morgan fingerprint density at radius 1 is 1.19 bits per heavy atom. The van der Waals surface area contributed by atoms with E-state index in [1.807, 2.05) is 32.0 Å². The van der Waals surface area contributed by atoms with Crippen LogP contribution in [0.1, 0.15) is 32.3 Å². The molecule has 0 heterocycles. The molecule has 0 aliphatic rings. The monoisotopic (exact) mass is 379 g/mol. The first-order valence-electron chi connectivity index (χ1n) is 8.56. The molecule has 0 aromatic heterocycles. The zero-order valence-corrected chi connectivity index (χ0v) is 15.6. The SMILES string of the molecule is CCC(CC)(CNCc1ccccc1Oc1ccc(F)cc1Cl)C(=O)O. The van der Waals surface area contributed by atoms with Crippen LogP contribution in [-0.2, 0) is 11.3 Å². The molecule has 140 valence electrons. The van der Waals surface area contributed by atoms with E-state index in [1.54, 1.807) is 6.07 Å². The third kappa shape index (κ3) is 4.74. The van der Waals surface area contributed by atoms with Gasteiger partial charge in [0.1, 0.15) is 17.3 Å². The fraction of sp³-hybridized carbons (Fsp3) is 0.350. The highest BCUT2D eigenvalue weighted by molar-refractivity contribution is 6.32. The second-order valence-electron chi connectivity index (χ2n) is 6.18. The number of carboxylic acid groups (broad SMARTS) is 1. The van der Waals surface area contributed by atoms with Gasteiger partial charge in [0.2, 0.25) is 0 Å². The molecule has 0 unspecified atom stereocenters. The second kappa shape index (κ2) is 9.01. The molecule has 0 bridgehead atoms. The normalized spacial score (nSPS) is 11.4. The summed E-state index contributed by atoms with van der Waals surface area (Å²) < 4.78 is 19.0. The van der Waals surface area contributed by atoms with Gasteiger partial charge in [-0.25, -0.2) is 4.39 Å². The smallest absolute Gasteiger partial charge is 0.310 e. The maximum Gasteiger partial charge on any atom is 0.310 e. The Bertz CT molecular complexity index is 762. The van der Waals surface area contributed by atoms with E-state index in [4.69, 9.17) is 16.3 Å². The van der Waals surface area contributed by atoms with Gasteiger partial charge >= 0.3 is 5.97 Å². The van der Waals surface area contributed by atoms with Crippen molar-refractivity contribution in [1.29, 1.82) is 0 Å². The van der Waals surface area contributed by atoms with Gasteiger partial charge in [-0.3, -0.25) is 4.79 Å². The summed E-state index contributed by atoms with van der Waals surface area (Å²) in [5, 5.41) is 12.9. The molecule has 26 heavy (non-hydrogen) atoms. The third-order valence-corrected chi connectivity index (χ3v) is 4.97. The van der Waals surface area contributed by atoms with Crippen molar-refractivity contribution in [2.75, 3.05) is 6.54 Å². The Hall–Kier alpha value is -2.11. The molecule has 0 aliphatic heterocycles. The number of rotatable bonds is 9. The molecule has 0 amide bonds. The van der Waals surface area contributed by atoms with E-state index < -0.39 is 17.2 Å². The number of halogens is 2. The fourth-order valence-electron chi connectivity index (χ4n) is 2.74. The number of hydrogen-bond donors (Lipinski definition) is 2. The fourth-order valence-corrected chi connectivity index (χ4v) is 2.95. The van der Waals surface area contributed by atoms with Gasteiger partial charge in [0.25, 0.3) is 0 Å². The predicted molar refractivity (Wildman–Crippen MR) is 100 cm³/mol. The van der Waals surface area contributed by atoms with Crippen LogP contribution in [0.5, 0.6) is 11.5 Å². The molecule has 0 saturated heterocycles.